The van der Waals surface area contributed by atoms with E-state index in [9.17, 15) is 0 Å². The van der Waals surface area contributed by atoms with E-state index in [1.54, 1.807) is 24.6 Å². The minimum atomic E-state index is 0.755. The van der Waals surface area contributed by atoms with Crippen LogP contribution in [0.25, 0.3) is 22.8 Å². The van der Waals surface area contributed by atoms with Crippen molar-refractivity contribution in [3.8, 4) is 22.8 Å². The molecule has 0 amide bonds. The van der Waals surface area contributed by atoms with Crippen molar-refractivity contribution < 1.29 is 5.73 Å². The average Bonchev–Trinajstić information content (AvgIpc) is 3.25. The molecule has 0 saturated heterocycles. The third-order valence-electron chi connectivity index (χ3n) is 3.81. The molecule has 27 heavy (non-hydrogen) atoms. The fourth-order valence-electron chi connectivity index (χ4n) is 2.45. The maximum Gasteiger partial charge on any atom is 0.187 e. The third kappa shape index (κ3) is 4.99. The van der Waals surface area contributed by atoms with Gasteiger partial charge in [0.25, 0.3) is 0 Å². The van der Waals surface area contributed by atoms with Crippen LogP contribution < -0.4 is 11.1 Å². The van der Waals surface area contributed by atoms with Crippen LogP contribution in [0.3, 0.4) is 0 Å². The van der Waals surface area contributed by atoms with Crippen molar-refractivity contribution in [3.05, 3.63) is 41.0 Å². The summed E-state index contributed by atoms with van der Waals surface area (Å²) in [6.45, 7) is 5.02. The van der Waals surface area contributed by atoms with E-state index in [4.69, 9.17) is 0 Å². The summed E-state index contributed by atoms with van der Waals surface area (Å²) in [4.78, 5) is 10.9. The Morgan fingerprint density at radius 3 is 2.44 bits per heavy atom. The van der Waals surface area contributed by atoms with Gasteiger partial charge in [-0.3, -0.25) is 0 Å². The van der Waals surface area contributed by atoms with E-state index in [1.807, 2.05) is 23.6 Å². The van der Waals surface area contributed by atoms with E-state index >= 15 is 0 Å². The van der Waals surface area contributed by atoms with Gasteiger partial charge in [0.15, 0.2) is 5.13 Å². The Kier molecular flexibility index (Phi) is 6.31. The normalized spacial score (nSPS) is 12.4. The predicted molar refractivity (Wildman–Crippen MR) is 109 cm³/mol. The van der Waals surface area contributed by atoms with Crippen molar-refractivity contribution in [2.45, 2.75) is 33.1 Å². The maximum atomic E-state index is 4.66. The molecule has 142 valence electrons. The molecule has 1 aliphatic carbocycles. The van der Waals surface area contributed by atoms with Gasteiger partial charge >= 0.3 is 0 Å². The van der Waals surface area contributed by atoms with E-state index < -0.39 is 0 Å². The number of thiazole rings is 1. The summed E-state index contributed by atoms with van der Waals surface area (Å²) >= 11 is 1.58. The van der Waals surface area contributed by atoms with Crippen molar-refractivity contribution in [1.82, 2.24) is 25.0 Å². The summed E-state index contributed by atoms with van der Waals surface area (Å²) in [7, 11) is 1.79. The number of pyridine rings is 1. The fraction of sp³-hybridized carbons (Fsp3) is 0.368. The molecule has 0 unspecified atom stereocenters. The molecule has 3 aromatic rings. The standard InChI is InChI=1S/C16H17N7S.C3H8/c1-23-18-8-14(22-23)11-3-2-4-12(19-11)15-9-24-16(21-15)20-13(7-17)10-5-6-10;1-3-2/h2-4,8-9H,5-7,17H2,1H3,(H,20,21);3H2,1-2H3/p+1. The number of allylic oxidation sites excluding steroid dienone is 1. The van der Waals surface area contributed by atoms with Crippen molar-refractivity contribution >= 4 is 16.5 Å². The first kappa shape index (κ1) is 19.2. The summed E-state index contributed by atoms with van der Waals surface area (Å²) in [6, 6.07) is 5.85. The first-order valence-electron chi connectivity index (χ1n) is 9.21. The largest absolute Gasteiger partial charge is 0.353 e. The summed E-state index contributed by atoms with van der Waals surface area (Å²) in [6.07, 6.45) is 5.32. The highest BCUT2D eigenvalue weighted by molar-refractivity contribution is 7.14. The minimum absolute atomic E-state index is 0.755. The van der Waals surface area contributed by atoms with E-state index in [0.717, 1.165) is 34.5 Å². The highest BCUT2D eigenvalue weighted by Gasteiger charge is 2.19. The van der Waals surface area contributed by atoms with Gasteiger partial charge in [-0.05, 0) is 30.5 Å². The van der Waals surface area contributed by atoms with Gasteiger partial charge in [0, 0.05) is 12.4 Å². The Morgan fingerprint density at radius 2 is 1.85 bits per heavy atom. The molecule has 1 fully saturated rings. The lowest BCUT2D eigenvalue weighted by Crippen LogP contribution is -2.52. The van der Waals surface area contributed by atoms with Crippen molar-refractivity contribution in [3.63, 3.8) is 0 Å². The molecule has 3 heterocycles. The minimum Gasteiger partial charge on any atom is -0.353 e. The summed E-state index contributed by atoms with van der Waals surface area (Å²) in [5.74, 6) is 0. The molecule has 3 aromatic heterocycles. The summed E-state index contributed by atoms with van der Waals surface area (Å²) in [5, 5.41) is 14.7. The molecule has 7 nitrogen and oxygen atoms in total. The zero-order valence-corrected chi connectivity index (χ0v) is 16.9. The number of aryl methyl sites for hydroxylation is 1. The Labute approximate surface area is 163 Å². The number of nitrogens with zero attached hydrogens (tertiary/aromatic N) is 5. The summed E-state index contributed by atoms with van der Waals surface area (Å²) in [5.41, 5.74) is 9.89. The lowest BCUT2D eigenvalue weighted by Gasteiger charge is -2.03. The molecule has 4 N–H and O–H groups in total. The zero-order chi connectivity index (χ0) is 19.2. The van der Waals surface area contributed by atoms with Crippen LogP contribution in [0.4, 0.5) is 5.13 Å². The van der Waals surface area contributed by atoms with Crippen LogP contribution in [-0.4, -0.2) is 31.5 Å². The molecule has 4 rings (SSSR count). The SMILES string of the molecule is CCC.Cn1ncc(-c2cccc(-c3csc(NC(C[NH3+])=C4CC4)n3)n2)n1. The van der Waals surface area contributed by atoms with Crippen molar-refractivity contribution in [1.29, 1.82) is 0 Å². The second-order valence-corrected chi connectivity index (χ2v) is 7.19. The Balaban J connectivity index is 0.000000659. The number of rotatable bonds is 5. The molecular formula is C19H26N7S+. The monoisotopic (exact) mass is 384 g/mol. The van der Waals surface area contributed by atoms with Gasteiger partial charge in [0.05, 0.1) is 23.3 Å². The number of hydrogen-bond donors (Lipinski definition) is 2. The number of nitrogens with one attached hydrogen (secondary N) is 1. The lowest BCUT2D eigenvalue weighted by atomic mass is 10.2. The van der Waals surface area contributed by atoms with E-state index in [-0.39, 0.29) is 0 Å². The van der Waals surface area contributed by atoms with Crippen LogP contribution in [0.15, 0.2) is 41.0 Å². The second kappa shape index (κ2) is 8.88. The van der Waals surface area contributed by atoms with Crippen LogP contribution >= 0.6 is 11.3 Å². The van der Waals surface area contributed by atoms with Gasteiger partial charge in [-0.1, -0.05) is 26.3 Å². The van der Waals surface area contributed by atoms with Crippen LogP contribution in [0.5, 0.6) is 0 Å². The first-order chi connectivity index (χ1) is 13.1. The van der Waals surface area contributed by atoms with Gasteiger partial charge in [-0.25, -0.2) is 9.97 Å². The number of hydrogen-bond acceptors (Lipinski definition) is 6. The molecule has 0 bridgehead atoms. The molecule has 1 aliphatic rings. The van der Waals surface area contributed by atoms with Gasteiger partial charge in [0.2, 0.25) is 0 Å². The second-order valence-electron chi connectivity index (χ2n) is 6.33. The van der Waals surface area contributed by atoms with E-state index in [2.05, 4.69) is 45.1 Å². The van der Waals surface area contributed by atoms with Gasteiger partial charge < -0.3 is 11.1 Å². The summed E-state index contributed by atoms with van der Waals surface area (Å²) < 4.78 is 0. The molecule has 8 heteroatoms. The molecule has 0 aromatic carbocycles. The predicted octanol–water partition coefficient (Wildman–Crippen LogP) is 3.12. The van der Waals surface area contributed by atoms with Crippen LogP contribution in [0, 0.1) is 0 Å². The third-order valence-corrected chi connectivity index (χ3v) is 4.57. The van der Waals surface area contributed by atoms with E-state index in [0.29, 0.717) is 0 Å². The van der Waals surface area contributed by atoms with E-state index in [1.165, 1.54) is 35.3 Å². The molecule has 0 atom stereocenters. The smallest absolute Gasteiger partial charge is 0.187 e. The fourth-order valence-corrected chi connectivity index (χ4v) is 3.18. The zero-order valence-electron chi connectivity index (χ0n) is 16.1. The Morgan fingerprint density at radius 1 is 1.15 bits per heavy atom. The van der Waals surface area contributed by atoms with Gasteiger partial charge in [-0.15, -0.1) is 11.3 Å². The first-order valence-corrected chi connectivity index (χ1v) is 10.1. The topological polar surface area (TPSA) is 96.2 Å². The molecule has 0 spiro atoms. The van der Waals surface area contributed by atoms with Crippen LogP contribution in [0.1, 0.15) is 33.1 Å². The van der Waals surface area contributed by atoms with Crippen molar-refractivity contribution in [2.24, 2.45) is 7.05 Å². The molecule has 0 radical (unpaired) electrons. The quantitative estimate of drug-likeness (QED) is 0.704. The average molecular weight is 385 g/mol. The van der Waals surface area contributed by atoms with Crippen LogP contribution in [-0.2, 0) is 7.05 Å². The molecule has 1 saturated carbocycles. The Bertz CT molecular complexity index is 920. The Hall–Kier alpha value is -2.58. The maximum absolute atomic E-state index is 4.66. The number of anilines is 1. The highest BCUT2D eigenvalue weighted by Crippen LogP contribution is 2.33. The van der Waals surface area contributed by atoms with Gasteiger partial charge in [-0.2, -0.15) is 15.0 Å². The number of aromatic nitrogens is 5. The lowest BCUT2D eigenvalue weighted by molar-refractivity contribution is -0.355. The number of quaternary nitrogens is 1. The van der Waals surface area contributed by atoms with Crippen LogP contribution in [0.2, 0.25) is 0 Å². The van der Waals surface area contributed by atoms with Crippen molar-refractivity contribution in [2.75, 3.05) is 11.9 Å². The van der Waals surface area contributed by atoms with Gasteiger partial charge in [0.1, 0.15) is 17.9 Å². The molecular weight excluding hydrogens is 358 g/mol. The highest BCUT2D eigenvalue weighted by atomic mass is 32.1. The molecule has 0 aliphatic heterocycles.